The van der Waals surface area contributed by atoms with E-state index in [0.717, 1.165) is 5.56 Å². The summed E-state index contributed by atoms with van der Waals surface area (Å²) in [5, 5.41) is 7.79. The van der Waals surface area contributed by atoms with Crippen LogP contribution in [0.3, 0.4) is 0 Å². The Labute approximate surface area is 95.9 Å². The van der Waals surface area contributed by atoms with E-state index < -0.39 is 0 Å². The maximum absolute atomic E-state index is 5.45. The van der Waals surface area contributed by atoms with Crippen molar-refractivity contribution < 1.29 is 4.52 Å². The van der Waals surface area contributed by atoms with Crippen LogP contribution in [-0.2, 0) is 0 Å². The van der Waals surface area contributed by atoms with E-state index in [-0.39, 0.29) is 5.88 Å². The second kappa shape index (κ2) is 3.71. The number of nitrogen functional groups attached to an aromatic ring is 1. The van der Waals surface area contributed by atoms with Crippen molar-refractivity contribution in [1.29, 1.82) is 0 Å². The van der Waals surface area contributed by atoms with Crippen LogP contribution in [0.2, 0.25) is 0 Å². The summed E-state index contributed by atoms with van der Waals surface area (Å²) in [5.41, 5.74) is 6.93. The molecule has 17 heavy (non-hydrogen) atoms. The summed E-state index contributed by atoms with van der Waals surface area (Å²) in [6, 6.07) is 5.32. The molecule has 0 aromatic carbocycles. The van der Waals surface area contributed by atoms with E-state index in [1.807, 2.05) is 12.1 Å². The van der Waals surface area contributed by atoms with Crippen molar-refractivity contribution >= 4 is 5.88 Å². The largest absolute Gasteiger partial charge is 0.368 e. The molecule has 3 aromatic rings. The van der Waals surface area contributed by atoms with Gasteiger partial charge in [-0.25, -0.2) is 14.6 Å². The van der Waals surface area contributed by atoms with Gasteiger partial charge in [0.25, 0.3) is 0 Å². The molecule has 0 spiro atoms. The van der Waals surface area contributed by atoms with E-state index in [0.29, 0.717) is 11.5 Å². The number of anilines is 1. The van der Waals surface area contributed by atoms with Crippen LogP contribution in [0.4, 0.5) is 5.88 Å². The number of pyridine rings is 1. The molecule has 0 unspecified atom stereocenters. The zero-order valence-corrected chi connectivity index (χ0v) is 8.69. The van der Waals surface area contributed by atoms with E-state index in [1.54, 1.807) is 23.3 Å². The second-order valence-electron chi connectivity index (χ2n) is 3.36. The maximum atomic E-state index is 5.45. The molecule has 0 aliphatic carbocycles. The summed E-state index contributed by atoms with van der Waals surface area (Å²) < 4.78 is 6.36. The Morgan fingerprint density at radius 2 is 2.24 bits per heavy atom. The van der Waals surface area contributed by atoms with Gasteiger partial charge in [0.15, 0.2) is 5.82 Å². The van der Waals surface area contributed by atoms with E-state index >= 15 is 0 Å². The molecular formula is C10H8N6O. The number of aromatic nitrogens is 5. The lowest BCUT2D eigenvalue weighted by Crippen LogP contribution is -1.97. The SMILES string of the molecule is Nc1cc(-c2ccc(-n3cncn3)nc2)no1. The van der Waals surface area contributed by atoms with Gasteiger partial charge in [-0.05, 0) is 12.1 Å². The minimum Gasteiger partial charge on any atom is -0.368 e. The maximum Gasteiger partial charge on any atom is 0.222 e. The van der Waals surface area contributed by atoms with Crippen LogP contribution >= 0.6 is 0 Å². The molecule has 3 rings (SSSR count). The number of nitrogens with zero attached hydrogens (tertiary/aromatic N) is 5. The van der Waals surface area contributed by atoms with Crippen molar-refractivity contribution in [1.82, 2.24) is 24.9 Å². The first-order valence-corrected chi connectivity index (χ1v) is 4.86. The summed E-state index contributed by atoms with van der Waals surface area (Å²) in [4.78, 5) is 8.10. The molecule has 0 bridgehead atoms. The van der Waals surface area contributed by atoms with E-state index in [1.165, 1.54) is 6.33 Å². The van der Waals surface area contributed by atoms with Crippen LogP contribution in [0.25, 0.3) is 17.1 Å². The molecule has 0 amide bonds. The van der Waals surface area contributed by atoms with Gasteiger partial charge in [-0.2, -0.15) is 5.10 Å². The summed E-state index contributed by atoms with van der Waals surface area (Å²) in [6.45, 7) is 0. The fraction of sp³-hybridized carbons (Fsp3) is 0. The van der Waals surface area contributed by atoms with Crippen molar-refractivity contribution in [2.75, 3.05) is 5.73 Å². The minimum absolute atomic E-state index is 0.278. The molecule has 0 saturated carbocycles. The highest BCUT2D eigenvalue weighted by molar-refractivity contribution is 5.60. The number of nitrogens with two attached hydrogens (primary N) is 1. The highest BCUT2D eigenvalue weighted by Crippen LogP contribution is 2.19. The third-order valence-electron chi connectivity index (χ3n) is 2.23. The Morgan fingerprint density at radius 3 is 2.82 bits per heavy atom. The molecule has 7 heteroatoms. The van der Waals surface area contributed by atoms with E-state index in [4.69, 9.17) is 10.3 Å². The molecule has 0 fully saturated rings. The Hall–Kier alpha value is -2.70. The molecule has 0 radical (unpaired) electrons. The highest BCUT2D eigenvalue weighted by Gasteiger charge is 2.05. The molecule has 0 atom stereocenters. The lowest BCUT2D eigenvalue weighted by atomic mass is 10.2. The smallest absolute Gasteiger partial charge is 0.222 e. The Kier molecular flexibility index (Phi) is 2.08. The average Bonchev–Trinajstić information content (AvgIpc) is 3.00. The lowest BCUT2D eigenvalue weighted by Gasteiger charge is -1.99. The van der Waals surface area contributed by atoms with Crippen molar-refractivity contribution in [3.8, 4) is 17.1 Å². The lowest BCUT2D eigenvalue weighted by molar-refractivity contribution is 0.439. The summed E-state index contributed by atoms with van der Waals surface area (Å²) in [6.07, 6.45) is 4.71. The topological polar surface area (TPSA) is 95.7 Å². The van der Waals surface area contributed by atoms with Gasteiger partial charge in [-0.1, -0.05) is 5.16 Å². The van der Waals surface area contributed by atoms with Crippen molar-refractivity contribution in [2.45, 2.75) is 0 Å². The standard InChI is InChI=1S/C10H8N6O/c11-9-3-8(15-17-9)7-1-2-10(13-4-7)16-6-12-5-14-16/h1-6H,11H2. The number of hydrogen-bond donors (Lipinski definition) is 1. The van der Waals surface area contributed by atoms with Crippen LogP contribution in [0.5, 0.6) is 0 Å². The normalized spacial score (nSPS) is 10.6. The summed E-state index contributed by atoms with van der Waals surface area (Å²) >= 11 is 0. The fourth-order valence-corrected chi connectivity index (χ4v) is 1.42. The summed E-state index contributed by atoms with van der Waals surface area (Å²) in [5.74, 6) is 0.961. The van der Waals surface area contributed by atoms with Gasteiger partial charge >= 0.3 is 0 Å². The Morgan fingerprint density at radius 1 is 1.29 bits per heavy atom. The van der Waals surface area contributed by atoms with Crippen molar-refractivity contribution in [3.05, 3.63) is 37.1 Å². The zero-order chi connectivity index (χ0) is 11.7. The quantitative estimate of drug-likeness (QED) is 0.700. The van der Waals surface area contributed by atoms with Crippen LogP contribution in [0.1, 0.15) is 0 Å². The molecule has 84 valence electrons. The van der Waals surface area contributed by atoms with Crippen LogP contribution < -0.4 is 5.73 Å². The van der Waals surface area contributed by atoms with Gasteiger partial charge in [0.1, 0.15) is 18.3 Å². The third-order valence-corrected chi connectivity index (χ3v) is 2.23. The average molecular weight is 228 g/mol. The zero-order valence-electron chi connectivity index (χ0n) is 8.69. The summed E-state index contributed by atoms with van der Waals surface area (Å²) in [7, 11) is 0. The van der Waals surface area contributed by atoms with E-state index in [2.05, 4.69) is 20.2 Å². The fourth-order valence-electron chi connectivity index (χ4n) is 1.42. The first-order chi connectivity index (χ1) is 8.33. The Balaban J connectivity index is 1.95. The van der Waals surface area contributed by atoms with E-state index in [9.17, 15) is 0 Å². The molecule has 0 aliphatic rings. The molecule has 2 N–H and O–H groups in total. The van der Waals surface area contributed by atoms with Crippen molar-refractivity contribution in [3.63, 3.8) is 0 Å². The Bertz CT molecular complexity index is 613. The molecule has 0 saturated heterocycles. The first kappa shape index (κ1) is 9.52. The van der Waals surface area contributed by atoms with Gasteiger partial charge in [0.2, 0.25) is 5.88 Å². The predicted octanol–water partition coefficient (Wildman–Crippen LogP) is 0.899. The van der Waals surface area contributed by atoms with Crippen LogP contribution in [-0.4, -0.2) is 24.9 Å². The first-order valence-electron chi connectivity index (χ1n) is 4.86. The molecular weight excluding hydrogens is 220 g/mol. The van der Waals surface area contributed by atoms with Crippen molar-refractivity contribution in [2.24, 2.45) is 0 Å². The monoisotopic (exact) mass is 228 g/mol. The molecule has 3 aromatic heterocycles. The van der Waals surface area contributed by atoms with Gasteiger partial charge < -0.3 is 10.3 Å². The van der Waals surface area contributed by atoms with Crippen LogP contribution in [0, 0.1) is 0 Å². The predicted molar refractivity (Wildman–Crippen MR) is 59.1 cm³/mol. The molecule has 0 aliphatic heterocycles. The molecule has 3 heterocycles. The second-order valence-corrected chi connectivity index (χ2v) is 3.36. The minimum atomic E-state index is 0.278. The third kappa shape index (κ3) is 1.73. The van der Waals surface area contributed by atoms with Gasteiger partial charge in [-0.3, -0.25) is 0 Å². The number of hydrogen-bond acceptors (Lipinski definition) is 6. The van der Waals surface area contributed by atoms with Crippen LogP contribution in [0.15, 0.2) is 41.6 Å². The van der Waals surface area contributed by atoms with Gasteiger partial charge in [-0.15, -0.1) is 0 Å². The number of rotatable bonds is 2. The van der Waals surface area contributed by atoms with Gasteiger partial charge in [0.05, 0.1) is 0 Å². The van der Waals surface area contributed by atoms with Gasteiger partial charge in [0, 0.05) is 17.8 Å². The molecule has 7 nitrogen and oxygen atoms in total. The highest BCUT2D eigenvalue weighted by atomic mass is 16.5.